The van der Waals surface area contributed by atoms with Crippen LogP contribution in [0.5, 0.6) is 0 Å². The van der Waals surface area contributed by atoms with Crippen molar-refractivity contribution >= 4 is 16.7 Å². The van der Waals surface area contributed by atoms with Crippen LogP contribution in [0, 0.1) is 0 Å². The molecule has 0 radical (unpaired) electrons. The fourth-order valence-corrected chi connectivity index (χ4v) is 2.75. The minimum atomic E-state index is -0.0240. The Hall–Kier alpha value is -3.21. The summed E-state index contributed by atoms with van der Waals surface area (Å²) in [7, 11) is 0. The number of pyridine rings is 1. The number of aromatic amines is 1. The van der Waals surface area contributed by atoms with Gasteiger partial charge >= 0.3 is 0 Å². The lowest BCUT2D eigenvalue weighted by Gasteiger charge is -2.19. The summed E-state index contributed by atoms with van der Waals surface area (Å²) >= 11 is 0. The number of nitrogens with one attached hydrogen (secondary N) is 2. The van der Waals surface area contributed by atoms with Gasteiger partial charge in [0.2, 0.25) is 0 Å². The number of hydrogen-bond acceptors (Lipinski definition) is 4. The van der Waals surface area contributed by atoms with Crippen LogP contribution in [-0.4, -0.2) is 19.9 Å². The molecule has 3 heterocycles. The zero-order valence-electron chi connectivity index (χ0n) is 12.3. The first kappa shape index (κ1) is 13.5. The van der Waals surface area contributed by atoms with E-state index in [4.69, 9.17) is 0 Å². The van der Waals surface area contributed by atoms with Crippen LogP contribution in [0.25, 0.3) is 10.9 Å². The van der Waals surface area contributed by atoms with E-state index in [2.05, 4.69) is 37.4 Å². The summed E-state index contributed by atoms with van der Waals surface area (Å²) in [5, 5.41) is 4.68. The number of fused-ring (bicyclic) bond motifs is 1. The summed E-state index contributed by atoms with van der Waals surface area (Å²) in [5.74, 6) is 0.784. The van der Waals surface area contributed by atoms with E-state index >= 15 is 0 Å². The van der Waals surface area contributed by atoms with Crippen molar-refractivity contribution in [2.24, 2.45) is 0 Å². The largest absolute Gasteiger partial charge is 0.361 e. The molecule has 0 aliphatic rings. The molecule has 0 aliphatic carbocycles. The van der Waals surface area contributed by atoms with Crippen molar-refractivity contribution in [3.63, 3.8) is 0 Å². The average Bonchev–Trinajstić information content (AvgIpc) is 3.05. The summed E-state index contributed by atoms with van der Waals surface area (Å²) in [6.07, 6.45) is 8.93. The van der Waals surface area contributed by atoms with Crippen molar-refractivity contribution in [2.45, 2.75) is 6.04 Å². The molecular weight excluding hydrogens is 286 g/mol. The van der Waals surface area contributed by atoms with Crippen LogP contribution in [-0.2, 0) is 0 Å². The van der Waals surface area contributed by atoms with Crippen molar-refractivity contribution in [1.29, 1.82) is 0 Å². The number of H-pyrrole nitrogens is 1. The molecule has 1 unspecified atom stereocenters. The second-order valence-corrected chi connectivity index (χ2v) is 5.24. The summed E-state index contributed by atoms with van der Waals surface area (Å²) < 4.78 is 0. The second kappa shape index (κ2) is 5.88. The third-order valence-corrected chi connectivity index (χ3v) is 3.85. The van der Waals surface area contributed by atoms with Crippen molar-refractivity contribution in [1.82, 2.24) is 19.9 Å². The molecule has 23 heavy (non-hydrogen) atoms. The van der Waals surface area contributed by atoms with Gasteiger partial charge in [0.15, 0.2) is 0 Å². The highest BCUT2D eigenvalue weighted by atomic mass is 15.0. The summed E-state index contributed by atoms with van der Waals surface area (Å²) in [6.45, 7) is 0. The lowest BCUT2D eigenvalue weighted by Crippen LogP contribution is -2.13. The normalized spacial score (nSPS) is 12.2. The fraction of sp³-hybridized carbons (Fsp3) is 0.0556. The number of nitrogens with zero attached hydrogens (tertiary/aromatic N) is 3. The Bertz CT molecular complexity index is 902. The van der Waals surface area contributed by atoms with Gasteiger partial charge in [-0.05, 0) is 29.8 Å². The van der Waals surface area contributed by atoms with Gasteiger partial charge in [-0.15, -0.1) is 0 Å². The standard InChI is InChI=1S/C18H15N5/c1-2-4-16-14(3-1)15(11-21-16)18(13-5-8-19-9-6-13)23-17-7-10-20-12-22-17/h1-12,18,21H,(H,20,22,23). The Kier molecular flexibility index (Phi) is 3.44. The molecule has 2 N–H and O–H groups in total. The quantitative estimate of drug-likeness (QED) is 0.605. The van der Waals surface area contributed by atoms with E-state index in [1.54, 1.807) is 24.9 Å². The fourth-order valence-electron chi connectivity index (χ4n) is 2.75. The topological polar surface area (TPSA) is 66.5 Å². The highest BCUT2D eigenvalue weighted by molar-refractivity contribution is 5.84. The first-order valence-corrected chi connectivity index (χ1v) is 7.40. The molecule has 0 amide bonds. The number of hydrogen-bond donors (Lipinski definition) is 2. The third kappa shape index (κ3) is 2.64. The molecule has 0 spiro atoms. The molecule has 3 aromatic heterocycles. The summed E-state index contributed by atoms with van der Waals surface area (Å²) in [6, 6.07) is 14.1. The van der Waals surface area contributed by atoms with Crippen molar-refractivity contribution in [3.8, 4) is 0 Å². The van der Waals surface area contributed by atoms with Crippen molar-refractivity contribution < 1.29 is 0 Å². The van der Waals surface area contributed by atoms with Crippen LogP contribution in [0.1, 0.15) is 17.2 Å². The van der Waals surface area contributed by atoms with E-state index in [1.807, 2.05) is 36.5 Å². The van der Waals surface area contributed by atoms with Crippen LogP contribution in [0.4, 0.5) is 5.82 Å². The minimum Gasteiger partial charge on any atom is -0.361 e. The van der Waals surface area contributed by atoms with Crippen LogP contribution in [0.3, 0.4) is 0 Å². The van der Waals surface area contributed by atoms with Crippen LogP contribution in [0.15, 0.2) is 73.6 Å². The van der Waals surface area contributed by atoms with Gasteiger partial charge in [0.1, 0.15) is 12.1 Å². The molecule has 0 fully saturated rings. The lowest BCUT2D eigenvalue weighted by atomic mass is 9.99. The van der Waals surface area contributed by atoms with Crippen molar-refractivity contribution in [2.75, 3.05) is 5.32 Å². The van der Waals surface area contributed by atoms with E-state index in [-0.39, 0.29) is 6.04 Å². The van der Waals surface area contributed by atoms with Gasteiger partial charge in [-0.3, -0.25) is 4.98 Å². The SMILES string of the molecule is c1ccc2c(C(Nc3ccncn3)c3ccncc3)c[nH]c2c1. The molecule has 1 aromatic carbocycles. The number of benzene rings is 1. The van der Waals surface area contributed by atoms with Crippen LogP contribution < -0.4 is 5.32 Å². The van der Waals surface area contributed by atoms with E-state index in [0.29, 0.717) is 0 Å². The second-order valence-electron chi connectivity index (χ2n) is 5.24. The van der Waals surface area contributed by atoms with Gasteiger partial charge in [-0.25, -0.2) is 9.97 Å². The number of anilines is 1. The van der Waals surface area contributed by atoms with E-state index in [9.17, 15) is 0 Å². The van der Waals surface area contributed by atoms with Crippen LogP contribution >= 0.6 is 0 Å². The predicted molar refractivity (Wildman–Crippen MR) is 90.0 cm³/mol. The Morgan fingerprint density at radius 2 is 1.74 bits per heavy atom. The first-order valence-electron chi connectivity index (χ1n) is 7.40. The smallest absolute Gasteiger partial charge is 0.130 e. The summed E-state index contributed by atoms with van der Waals surface area (Å²) in [4.78, 5) is 15.7. The predicted octanol–water partition coefficient (Wildman–Crippen LogP) is 3.55. The third-order valence-electron chi connectivity index (χ3n) is 3.85. The number of rotatable bonds is 4. The Morgan fingerprint density at radius 1 is 0.913 bits per heavy atom. The van der Waals surface area contributed by atoms with Gasteiger partial charge in [0.05, 0.1) is 6.04 Å². The maximum atomic E-state index is 4.29. The molecule has 0 saturated heterocycles. The molecule has 0 saturated carbocycles. The van der Waals surface area contributed by atoms with Crippen LogP contribution in [0.2, 0.25) is 0 Å². The molecule has 0 aliphatic heterocycles. The molecule has 4 rings (SSSR count). The first-order chi connectivity index (χ1) is 11.4. The highest BCUT2D eigenvalue weighted by Gasteiger charge is 2.18. The molecule has 112 valence electrons. The molecule has 5 heteroatoms. The van der Waals surface area contributed by atoms with Gasteiger partial charge in [0, 0.05) is 41.3 Å². The van der Waals surface area contributed by atoms with Crippen molar-refractivity contribution in [3.05, 3.63) is 84.7 Å². The highest BCUT2D eigenvalue weighted by Crippen LogP contribution is 2.31. The van der Waals surface area contributed by atoms with E-state index in [0.717, 1.165) is 16.9 Å². The molecule has 0 bridgehead atoms. The van der Waals surface area contributed by atoms with Gasteiger partial charge in [-0.2, -0.15) is 0 Å². The lowest BCUT2D eigenvalue weighted by molar-refractivity contribution is 0.926. The average molecular weight is 301 g/mol. The van der Waals surface area contributed by atoms with E-state index in [1.165, 1.54) is 10.9 Å². The zero-order valence-corrected chi connectivity index (χ0v) is 12.3. The minimum absolute atomic E-state index is 0.0240. The Labute approximate surface area is 133 Å². The number of aromatic nitrogens is 4. The molecular formula is C18H15N5. The van der Waals surface area contributed by atoms with Gasteiger partial charge in [0.25, 0.3) is 0 Å². The maximum Gasteiger partial charge on any atom is 0.130 e. The molecule has 4 aromatic rings. The monoisotopic (exact) mass is 301 g/mol. The Morgan fingerprint density at radius 3 is 2.57 bits per heavy atom. The van der Waals surface area contributed by atoms with Gasteiger partial charge < -0.3 is 10.3 Å². The number of para-hydroxylation sites is 1. The van der Waals surface area contributed by atoms with E-state index < -0.39 is 0 Å². The molecule has 1 atom stereocenters. The summed E-state index contributed by atoms with van der Waals surface area (Å²) in [5.41, 5.74) is 3.42. The molecule has 5 nitrogen and oxygen atoms in total. The maximum absolute atomic E-state index is 4.29. The zero-order chi connectivity index (χ0) is 15.5. The van der Waals surface area contributed by atoms with Gasteiger partial charge in [-0.1, -0.05) is 18.2 Å². The Balaban J connectivity index is 1.82.